The van der Waals surface area contributed by atoms with Crippen molar-refractivity contribution < 1.29 is 0 Å². The first-order valence-corrected chi connectivity index (χ1v) is 7.25. The van der Waals surface area contributed by atoms with E-state index in [1.54, 1.807) is 11.8 Å². The number of benzene rings is 1. The maximum absolute atomic E-state index is 5.88. The Morgan fingerprint density at radius 1 is 1.39 bits per heavy atom. The number of aromatic nitrogens is 3. The fourth-order valence-corrected chi connectivity index (χ4v) is 3.07. The highest BCUT2D eigenvalue weighted by molar-refractivity contribution is 9.10. The van der Waals surface area contributed by atoms with Crippen molar-refractivity contribution in [1.29, 1.82) is 0 Å². The van der Waals surface area contributed by atoms with Gasteiger partial charge in [-0.1, -0.05) is 40.7 Å². The van der Waals surface area contributed by atoms with Gasteiger partial charge in [0.2, 0.25) is 5.16 Å². The molecule has 2 rings (SSSR count). The van der Waals surface area contributed by atoms with Crippen molar-refractivity contribution in [3.63, 3.8) is 0 Å². The van der Waals surface area contributed by atoms with Crippen LogP contribution in [0.25, 0.3) is 0 Å². The number of rotatable bonds is 4. The number of halogens is 1. The average molecular weight is 328 g/mol. The molecule has 5 nitrogen and oxygen atoms in total. The SMILES string of the molecule is CCc1nnc(SCc2ccc(N)cc2Br)n1N. The molecule has 1 heterocycles. The van der Waals surface area contributed by atoms with E-state index in [-0.39, 0.29) is 0 Å². The summed E-state index contributed by atoms with van der Waals surface area (Å²) in [5.74, 6) is 7.43. The minimum atomic E-state index is 0.718. The van der Waals surface area contributed by atoms with Gasteiger partial charge in [0, 0.05) is 22.3 Å². The average Bonchev–Trinajstić information content (AvgIpc) is 2.69. The van der Waals surface area contributed by atoms with E-state index in [0.29, 0.717) is 0 Å². The van der Waals surface area contributed by atoms with Gasteiger partial charge in [0.15, 0.2) is 5.82 Å². The lowest BCUT2D eigenvalue weighted by atomic mass is 10.2. The smallest absolute Gasteiger partial charge is 0.210 e. The Morgan fingerprint density at radius 2 is 2.17 bits per heavy atom. The molecule has 0 saturated heterocycles. The molecule has 7 heteroatoms. The van der Waals surface area contributed by atoms with Gasteiger partial charge in [0.1, 0.15) is 0 Å². The van der Waals surface area contributed by atoms with Crippen LogP contribution in [-0.4, -0.2) is 14.9 Å². The monoisotopic (exact) mass is 327 g/mol. The molecule has 0 radical (unpaired) electrons. The third-order valence-corrected chi connectivity index (χ3v) is 4.22. The molecule has 0 spiro atoms. The second kappa shape index (κ2) is 5.62. The van der Waals surface area contributed by atoms with Gasteiger partial charge in [-0.25, -0.2) is 4.68 Å². The van der Waals surface area contributed by atoms with Crippen LogP contribution in [0.1, 0.15) is 18.3 Å². The number of thioether (sulfide) groups is 1. The van der Waals surface area contributed by atoms with Crippen molar-refractivity contribution in [2.75, 3.05) is 11.6 Å². The first kappa shape index (κ1) is 13.2. The largest absolute Gasteiger partial charge is 0.399 e. The van der Waals surface area contributed by atoms with E-state index in [0.717, 1.165) is 38.9 Å². The summed E-state index contributed by atoms with van der Waals surface area (Å²) in [7, 11) is 0. The van der Waals surface area contributed by atoms with E-state index in [2.05, 4.69) is 26.1 Å². The number of nitrogens with zero attached hydrogens (tertiary/aromatic N) is 3. The zero-order valence-electron chi connectivity index (χ0n) is 9.93. The molecule has 96 valence electrons. The molecule has 0 unspecified atom stereocenters. The van der Waals surface area contributed by atoms with Gasteiger partial charge < -0.3 is 11.6 Å². The second-order valence-electron chi connectivity index (χ2n) is 3.76. The lowest BCUT2D eigenvalue weighted by molar-refractivity contribution is 0.796. The number of aryl methyl sites for hydroxylation is 1. The van der Waals surface area contributed by atoms with E-state index < -0.39 is 0 Å². The van der Waals surface area contributed by atoms with Crippen LogP contribution < -0.4 is 11.6 Å². The minimum Gasteiger partial charge on any atom is -0.399 e. The molecular weight excluding hydrogens is 314 g/mol. The van der Waals surface area contributed by atoms with Crippen LogP contribution in [0.15, 0.2) is 27.8 Å². The molecule has 0 saturated carbocycles. The van der Waals surface area contributed by atoms with Crippen molar-refractivity contribution in [1.82, 2.24) is 14.9 Å². The first-order chi connectivity index (χ1) is 8.61. The molecule has 0 aliphatic rings. The summed E-state index contributed by atoms with van der Waals surface area (Å²) >= 11 is 5.04. The van der Waals surface area contributed by atoms with Crippen LogP contribution in [0.3, 0.4) is 0 Å². The first-order valence-electron chi connectivity index (χ1n) is 5.48. The summed E-state index contributed by atoms with van der Waals surface area (Å²) in [6.45, 7) is 2.00. The third-order valence-electron chi connectivity index (χ3n) is 2.49. The predicted molar refractivity (Wildman–Crippen MR) is 77.7 cm³/mol. The van der Waals surface area contributed by atoms with Crippen molar-refractivity contribution in [2.24, 2.45) is 0 Å². The van der Waals surface area contributed by atoms with Crippen LogP contribution in [0.5, 0.6) is 0 Å². The van der Waals surface area contributed by atoms with Gasteiger partial charge >= 0.3 is 0 Å². The number of nitrogen functional groups attached to an aromatic ring is 2. The number of nitrogens with two attached hydrogens (primary N) is 2. The zero-order valence-corrected chi connectivity index (χ0v) is 12.3. The predicted octanol–water partition coefficient (Wildman–Crippen LogP) is 2.19. The zero-order chi connectivity index (χ0) is 13.1. The van der Waals surface area contributed by atoms with Gasteiger partial charge in [0.05, 0.1) is 0 Å². The normalized spacial score (nSPS) is 10.8. The lowest BCUT2D eigenvalue weighted by Crippen LogP contribution is -2.13. The van der Waals surface area contributed by atoms with Crippen molar-refractivity contribution in [3.8, 4) is 0 Å². The third kappa shape index (κ3) is 2.78. The Morgan fingerprint density at radius 3 is 2.78 bits per heavy atom. The number of hydrogen-bond donors (Lipinski definition) is 2. The van der Waals surface area contributed by atoms with Gasteiger partial charge in [-0.3, -0.25) is 0 Å². The van der Waals surface area contributed by atoms with Crippen LogP contribution in [0.2, 0.25) is 0 Å². The Kier molecular flexibility index (Phi) is 4.13. The van der Waals surface area contributed by atoms with Crippen LogP contribution >= 0.6 is 27.7 Å². The van der Waals surface area contributed by atoms with E-state index in [1.807, 2.05) is 25.1 Å². The Balaban J connectivity index is 2.09. The standard InChI is InChI=1S/C11H14BrN5S/c1-2-10-15-16-11(17(10)14)18-6-7-3-4-8(13)5-9(7)12/h3-5H,2,6,13-14H2,1H3. The molecule has 0 amide bonds. The summed E-state index contributed by atoms with van der Waals surface area (Å²) in [5, 5.41) is 8.80. The fourth-order valence-electron chi connectivity index (χ4n) is 1.47. The number of anilines is 1. The van der Waals surface area contributed by atoms with Crippen molar-refractivity contribution in [3.05, 3.63) is 34.1 Å². The second-order valence-corrected chi connectivity index (χ2v) is 5.56. The Hall–Kier alpha value is -1.21. The summed E-state index contributed by atoms with van der Waals surface area (Å²) in [6, 6.07) is 5.76. The maximum atomic E-state index is 5.88. The summed E-state index contributed by atoms with van der Waals surface area (Å²) in [4.78, 5) is 0. The van der Waals surface area contributed by atoms with Gasteiger partial charge in [0.25, 0.3) is 0 Å². The van der Waals surface area contributed by atoms with Crippen LogP contribution in [0, 0.1) is 0 Å². The summed E-state index contributed by atoms with van der Waals surface area (Å²) < 4.78 is 2.53. The molecule has 0 aliphatic carbocycles. The Bertz CT molecular complexity index is 554. The summed E-state index contributed by atoms with van der Waals surface area (Å²) in [5.41, 5.74) is 7.59. The van der Waals surface area contributed by atoms with Gasteiger partial charge in [-0.05, 0) is 17.7 Å². The van der Waals surface area contributed by atoms with Gasteiger partial charge in [-0.15, -0.1) is 10.2 Å². The minimum absolute atomic E-state index is 0.718. The van der Waals surface area contributed by atoms with E-state index in [4.69, 9.17) is 11.6 Å². The molecule has 0 bridgehead atoms. The Labute approximate surface area is 118 Å². The molecule has 1 aromatic carbocycles. The topological polar surface area (TPSA) is 82.8 Å². The quantitative estimate of drug-likeness (QED) is 0.511. The lowest BCUT2D eigenvalue weighted by Gasteiger charge is -2.05. The van der Waals surface area contributed by atoms with E-state index in [9.17, 15) is 0 Å². The molecule has 0 fully saturated rings. The molecule has 2 aromatic rings. The van der Waals surface area contributed by atoms with Crippen LogP contribution in [0.4, 0.5) is 5.69 Å². The molecular formula is C11H14BrN5S. The molecule has 4 N–H and O–H groups in total. The highest BCUT2D eigenvalue weighted by Crippen LogP contribution is 2.27. The van der Waals surface area contributed by atoms with Crippen molar-refractivity contribution in [2.45, 2.75) is 24.3 Å². The number of hydrogen-bond acceptors (Lipinski definition) is 5. The van der Waals surface area contributed by atoms with Gasteiger partial charge in [-0.2, -0.15) is 0 Å². The fraction of sp³-hybridized carbons (Fsp3) is 0.273. The molecule has 18 heavy (non-hydrogen) atoms. The molecule has 1 aromatic heterocycles. The summed E-state index contributed by atoms with van der Waals surface area (Å²) in [6.07, 6.45) is 0.773. The van der Waals surface area contributed by atoms with Crippen LogP contribution in [-0.2, 0) is 12.2 Å². The highest BCUT2D eigenvalue weighted by atomic mass is 79.9. The maximum Gasteiger partial charge on any atom is 0.210 e. The molecule has 0 atom stereocenters. The van der Waals surface area contributed by atoms with Crippen molar-refractivity contribution >= 4 is 33.4 Å². The van der Waals surface area contributed by atoms with E-state index >= 15 is 0 Å². The molecule has 0 aliphatic heterocycles. The van der Waals surface area contributed by atoms with E-state index in [1.165, 1.54) is 4.68 Å². The highest BCUT2D eigenvalue weighted by Gasteiger charge is 2.09.